The van der Waals surface area contributed by atoms with E-state index in [1.807, 2.05) is 4.90 Å². The Morgan fingerprint density at radius 3 is 2.11 bits per heavy atom. The number of rotatable bonds is 3. The van der Waals surface area contributed by atoms with Crippen LogP contribution in [0.15, 0.2) is 48.5 Å². The van der Waals surface area contributed by atoms with Gasteiger partial charge >= 0.3 is 0 Å². The molecule has 0 radical (unpaired) electrons. The van der Waals surface area contributed by atoms with Gasteiger partial charge in [-0.1, -0.05) is 11.6 Å². The van der Waals surface area contributed by atoms with Crippen LogP contribution in [0.5, 0.6) is 0 Å². The number of carbonyl (C=O) groups is 2. The fourth-order valence-corrected chi connectivity index (χ4v) is 3.25. The molecular weight excluding hydrogens is 382 g/mol. The molecule has 1 aliphatic heterocycles. The number of likely N-dealkylation sites (tertiary alicyclic amines) is 1. The molecule has 0 spiro atoms. The molecule has 5 nitrogen and oxygen atoms in total. The van der Waals surface area contributed by atoms with Crippen LogP contribution in [0.25, 0.3) is 0 Å². The predicted octanol–water partition coefficient (Wildman–Crippen LogP) is 4.09. The number of anilines is 1. The van der Waals surface area contributed by atoms with Crippen LogP contribution >= 0.6 is 23.8 Å². The minimum absolute atomic E-state index is 0.0554. The third-order valence-electron chi connectivity index (χ3n) is 4.37. The third-order valence-corrected chi connectivity index (χ3v) is 4.82. The molecule has 2 aromatic rings. The maximum absolute atomic E-state index is 12.5. The molecule has 0 aromatic heterocycles. The van der Waals surface area contributed by atoms with Gasteiger partial charge in [-0.05, 0) is 80.0 Å². The smallest absolute Gasteiger partial charge is 0.257 e. The standard InChI is InChI=1S/C20H20ClN3O2S/c21-16-8-4-14(5-9-16)18(25)23-20(27)22-17-10-6-15(7-11-17)19(26)24-12-2-1-3-13-24/h4-11H,1-3,12-13H2,(H2,22,23,25,27). The highest BCUT2D eigenvalue weighted by atomic mass is 35.5. The van der Waals surface area contributed by atoms with Gasteiger partial charge in [-0.25, -0.2) is 0 Å². The van der Waals surface area contributed by atoms with Crippen molar-refractivity contribution in [3.8, 4) is 0 Å². The summed E-state index contributed by atoms with van der Waals surface area (Å²) in [6.07, 6.45) is 3.31. The van der Waals surface area contributed by atoms with E-state index in [2.05, 4.69) is 10.6 Å². The number of nitrogens with zero attached hydrogens (tertiary/aromatic N) is 1. The SMILES string of the molecule is O=C(NC(=S)Nc1ccc(C(=O)N2CCCCC2)cc1)c1ccc(Cl)cc1. The molecule has 0 saturated carbocycles. The molecule has 140 valence electrons. The summed E-state index contributed by atoms with van der Waals surface area (Å²) in [5, 5.41) is 6.31. The molecule has 0 unspecified atom stereocenters. The molecule has 7 heteroatoms. The van der Waals surface area contributed by atoms with E-state index in [-0.39, 0.29) is 16.9 Å². The highest BCUT2D eigenvalue weighted by Gasteiger charge is 2.18. The van der Waals surface area contributed by atoms with Crippen molar-refractivity contribution < 1.29 is 9.59 Å². The lowest BCUT2D eigenvalue weighted by Crippen LogP contribution is -2.35. The largest absolute Gasteiger partial charge is 0.339 e. The number of hydrogen-bond acceptors (Lipinski definition) is 3. The molecule has 1 saturated heterocycles. The minimum Gasteiger partial charge on any atom is -0.339 e. The average molecular weight is 402 g/mol. The quantitative estimate of drug-likeness (QED) is 0.760. The second-order valence-electron chi connectivity index (χ2n) is 6.35. The van der Waals surface area contributed by atoms with Gasteiger partial charge in [-0.3, -0.25) is 14.9 Å². The third kappa shape index (κ3) is 5.28. The Labute approximate surface area is 168 Å². The predicted molar refractivity (Wildman–Crippen MR) is 111 cm³/mol. The summed E-state index contributed by atoms with van der Waals surface area (Å²) in [6.45, 7) is 1.64. The maximum atomic E-state index is 12.5. The number of amides is 2. The molecule has 0 bridgehead atoms. The Kier molecular flexibility index (Phi) is 6.42. The van der Waals surface area contributed by atoms with Crippen LogP contribution in [0, 0.1) is 0 Å². The highest BCUT2D eigenvalue weighted by Crippen LogP contribution is 2.15. The Morgan fingerprint density at radius 2 is 1.48 bits per heavy atom. The van der Waals surface area contributed by atoms with E-state index in [0.717, 1.165) is 25.9 Å². The van der Waals surface area contributed by atoms with Crippen molar-refractivity contribution in [1.82, 2.24) is 10.2 Å². The lowest BCUT2D eigenvalue weighted by molar-refractivity contribution is 0.0724. The van der Waals surface area contributed by atoms with Crippen LogP contribution in [-0.2, 0) is 0 Å². The molecular formula is C20H20ClN3O2S. The van der Waals surface area contributed by atoms with Crippen LogP contribution in [0.1, 0.15) is 40.0 Å². The summed E-state index contributed by atoms with van der Waals surface area (Å²) in [7, 11) is 0. The van der Waals surface area contributed by atoms with Crippen molar-refractivity contribution in [3.05, 3.63) is 64.7 Å². The fourth-order valence-electron chi connectivity index (χ4n) is 2.91. The Hall–Kier alpha value is -2.44. The number of benzene rings is 2. The summed E-state index contributed by atoms with van der Waals surface area (Å²) in [6, 6.07) is 13.6. The van der Waals surface area contributed by atoms with E-state index in [9.17, 15) is 9.59 Å². The van der Waals surface area contributed by atoms with E-state index in [1.165, 1.54) is 6.42 Å². The summed E-state index contributed by atoms with van der Waals surface area (Å²) in [5.74, 6) is -0.263. The highest BCUT2D eigenvalue weighted by molar-refractivity contribution is 7.80. The number of piperidine rings is 1. The van der Waals surface area contributed by atoms with Gasteiger partial charge in [0.1, 0.15) is 0 Å². The van der Waals surface area contributed by atoms with E-state index >= 15 is 0 Å². The van der Waals surface area contributed by atoms with Crippen molar-refractivity contribution in [1.29, 1.82) is 0 Å². The topological polar surface area (TPSA) is 61.4 Å². The number of carbonyl (C=O) groups excluding carboxylic acids is 2. The Bertz CT molecular complexity index is 831. The zero-order valence-electron chi connectivity index (χ0n) is 14.7. The van der Waals surface area contributed by atoms with Crippen molar-refractivity contribution in [3.63, 3.8) is 0 Å². The molecule has 0 atom stereocenters. The number of thiocarbonyl (C=S) groups is 1. The lowest BCUT2D eigenvalue weighted by Gasteiger charge is -2.26. The van der Waals surface area contributed by atoms with Gasteiger partial charge in [0.2, 0.25) is 0 Å². The summed E-state index contributed by atoms with van der Waals surface area (Å²) in [5.41, 5.74) is 1.82. The number of halogens is 1. The molecule has 2 N–H and O–H groups in total. The van der Waals surface area contributed by atoms with Crippen molar-refractivity contribution in [2.45, 2.75) is 19.3 Å². The van der Waals surface area contributed by atoms with Crippen LogP contribution in [0.3, 0.4) is 0 Å². The van der Waals surface area contributed by atoms with Crippen molar-refractivity contribution in [2.75, 3.05) is 18.4 Å². The number of hydrogen-bond donors (Lipinski definition) is 2. The first-order valence-electron chi connectivity index (χ1n) is 8.80. The first-order valence-corrected chi connectivity index (χ1v) is 9.59. The van der Waals surface area contributed by atoms with Crippen LogP contribution in [0.4, 0.5) is 5.69 Å². The zero-order chi connectivity index (χ0) is 19.2. The second kappa shape index (κ2) is 8.97. The lowest BCUT2D eigenvalue weighted by atomic mass is 10.1. The van der Waals surface area contributed by atoms with Crippen LogP contribution in [0.2, 0.25) is 5.02 Å². The zero-order valence-corrected chi connectivity index (χ0v) is 16.3. The number of nitrogens with one attached hydrogen (secondary N) is 2. The molecule has 1 fully saturated rings. The average Bonchev–Trinajstić information content (AvgIpc) is 2.69. The van der Waals surface area contributed by atoms with Crippen LogP contribution in [-0.4, -0.2) is 34.9 Å². The van der Waals surface area contributed by atoms with Crippen molar-refractivity contribution >= 4 is 46.4 Å². The molecule has 0 aliphatic carbocycles. The maximum Gasteiger partial charge on any atom is 0.257 e. The molecule has 27 heavy (non-hydrogen) atoms. The summed E-state index contributed by atoms with van der Waals surface area (Å²) in [4.78, 5) is 26.5. The van der Waals surface area contributed by atoms with E-state index in [1.54, 1.807) is 48.5 Å². The Balaban J connectivity index is 1.55. The van der Waals surface area contributed by atoms with E-state index < -0.39 is 0 Å². The molecule has 3 rings (SSSR count). The van der Waals surface area contributed by atoms with Gasteiger partial charge in [0.15, 0.2) is 5.11 Å². The van der Waals surface area contributed by atoms with Gasteiger partial charge in [0, 0.05) is 34.9 Å². The van der Waals surface area contributed by atoms with Gasteiger partial charge < -0.3 is 10.2 Å². The molecule has 1 aliphatic rings. The van der Waals surface area contributed by atoms with Crippen molar-refractivity contribution in [2.24, 2.45) is 0 Å². The molecule has 1 heterocycles. The van der Waals surface area contributed by atoms with Gasteiger partial charge in [-0.15, -0.1) is 0 Å². The van der Waals surface area contributed by atoms with E-state index in [0.29, 0.717) is 21.8 Å². The normalized spacial score (nSPS) is 13.7. The summed E-state index contributed by atoms with van der Waals surface area (Å²) >= 11 is 11.0. The van der Waals surface area contributed by atoms with Crippen LogP contribution < -0.4 is 10.6 Å². The van der Waals surface area contributed by atoms with Gasteiger partial charge in [0.05, 0.1) is 0 Å². The minimum atomic E-state index is -0.318. The monoisotopic (exact) mass is 401 g/mol. The molecule has 2 amide bonds. The van der Waals surface area contributed by atoms with Gasteiger partial charge in [-0.2, -0.15) is 0 Å². The molecule has 2 aromatic carbocycles. The first kappa shape index (κ1) is 19.3. The Morgan fingerprint density at radius 1 is 0.889 bits per heavy atom. The second-order valence-corrected chi connectivity index (χ2v) is 7.19. The van der Waals surface area contributed by atoms with E-state index in [4.69, 9.17) is 23.8 Å². The summed E-state index contributed by atoms with van der Waals surface area (Å²) < 4.78 is 0. The first-order chi connectivity index (χ1) is 13.0. The van der Waals surface area contributed by atoms with Gasteiger partial charge in [0.25, 0.3) is 11.8 Å². The fraction of sp³-hybridized carbons (Fsp3) is 0.250.